The highest BCUT2D eigenvalue weighted by molar-refractivity contribution is 6.13. The van der Waals surface area contributed by atoms with Crippen molar-refractivity contribution in [3.63, 3.8) is 0 Å². The lowest BCUT2D eigenvalue weighted by Gasteiger charge is -2.43. The number of ether oxygens (including phenoxy) is 2. The van der Waals surface area contributed by atoms with Crippen LogP contribution >= 0.6 is 0 Å². The van der Waals surface area contributed by atoms with Crippen molar-refractivity contribution in [3.05, 3.63) is 137 Å². The summed E-state index contributed by atoms with van der Waals surface area (Å²) >= 11 is 0. The van der Waals surface area contributed by atoms with Crippen LogP contribution in [0.15, 0.2) is 109 Å². The van der Waals surface area contributed by atoms with E-state index < -0.39 is 29.6 Å². The van der Waals surface area contributed by atoms with Crippen molar-refractivity contribution >= 4 is 11.9 Å². The van der Waals surface area contributed by atoms with Crippen LogP contribution in [-0.2, 0) is 17.7 Å². The molecule has 1 spiro atoms. The number of benzene rings is 4. The van der Waals surface area contributed by atoms with Crippen LogP contribution in [0.3, 0.4) is 0 Å². The van der Waals surface area contributed by atoms with E-state index in [1.54, 1.807) is 4.90 Å². The zero-order chi connectivity index (χ0) is 37.4. The number of amides is 1. The first kappa shape index (κ1) is 36.5. The third kappa shape index (κ3) is 7.49. The van der Waals surface area contributed by atoms with E-state index in [4.69, 9.17) is 4.74 Å². The SMILES string of the molecule is CC1=CCC[C@@]2(C)[C@@H](CC[C@@]23CN(Cc2ccc(OC(F)(F)F)cc2)C(=O)O3)c2ccc(cc2C(=O)c2ccccc2-c2ccccc2)C[C@@H](O)CC1. The van der Waals surface area contributed by atoms with Gasteiger partial charge in [-0.3, -0.25) is 9.69 Å². The second-order valence-electron chi connectivity index (χ2n) is 15.1. The van der Waals surface area contributed by atoms with Crippen LogP contribution < -0.4 is 4.74 Å². The Kier molecular flexibility index (Phi) is 9.98. The number of hydrogen-bond acceptors (Lipinski definition) is 5. The predicted molar refractivity (Wildman–Crippen MR) is 197 cm³/mol. The van der Waals surface area contributed by atoms with Crippen LogP contribution in [0.2, 0.25) is 0 Å². The summed E-state index contributed by atoms with van der Waals surface area (Å²) in [6.45, 7) is 4.75. The Labute approximate surface area is 308 Å². The van der Waals surface area contributed by atoms with Crippen LogP contribution in [-0.4, -0.2) is 46.5 Å². The number of hydrogen-bond donors (Lipinski definition) is 1. The monoisotopic (exact) mass is 723 g/mol. The highest BCUT2D eigenvalue weighted by Gasteiger charge is 2.64. The summed E-state index contributed by atoms with van der Waals surface area (Å²) in [7, 11) is 0. The molecular formula is C44H44F3NO5. The van der Waals surface area contributed by atoms with Crippen molar-refractivity contribution in [1.29, 1.82) is 0 Å². The summed E-state index contributed by atoms with van der Waals surface area (Å²) in [5.41, 5.74) is 5.19. The second kappa shape index (κ2) is 14.5. The molecule has 1 saturated carbocycles. The van der Waals surface area contributed by atoms with Gasteiger partial charge in [-0.1, -0.05) is 97.4 Å². The molecule has 2 fully saturated rings. The number of carbonyl (C=O) groups is 2. The van der Waals surface area contributed by atoms with Gasteiger partial charge in [0.1, 0.15) is 11.4 Å². The number of carbonyl (C=O) groups excluding carboxylic acids is 2. The number of ketones is 1. The Balaban J connectivity index is 1.27. The van der Waals surface area contributed by atoms with Gasteiger partial charge in [0.2, 0.25) is 0 Å². The van der Waals surface area contributed by atoms with Crippen molar-refractivity contribution in [2.75, 3.05) is 6.54 Å². The Morgan fingerprint density at radius 3 is 2.43 bits per heavy atom. The zero-order valence-electron chi connectivity index (χ0n) is 30.0. The smallest absolute Gasteiger partial charge is 0.440 e. The average molecular weight is 724 g/mol. The van der Waals surface area contributed by atoms with Crippen molar-refractivity contribution in [3.8, 4) is 16.9 Å². The molecule has 0 unspecified atom stereocenters. The molecular weight excluding hydrogens is 679 g/mol. The van der Waals surface area contributed by atoms with Crippen LogP contribution in [0, 0.1) is 5.41 Å². The molecule has 1 aliphatic heterocycles. The van der Waals surface area contributed by atoms with Crippen molar-refractivity contribution in [2.24, 2.45) is 5.41 Å². The van der Waals surface area contributed by atoms with Gasteiger partial charge in [-0.2, -0.15) is 0 Å². The molecule has 276 valence electrons. The van der Waals surface area contributed by atoms with Crippen molar-refractivity contribution in [1.82, 2.24) is 4.90 Å². The summed E-state index contributed by atoms with van der Waals surface area (Å²) in [6.07, 6.45) is 0.878. The molecule has 1 heterocycles. The third-order valence-corrected chi connectivity index (χ3v) is 11.7. The molecule has 9 heteroatoms. The van der Waals surface area contributed by atoms with Gasteiger partial charge < -0.3 is 14.6 Å². The van der Waals surface area contributed by atoms with Crippen molar-refractivity contribution in [2.45, 2.75) is 89.3 Å². The fourth-order valence-corrected chi connectivity index (χ4v) is 8.82. The Morgan fingerprint density at radius 2 is 1.68 bits per heavy atom. The van der Waals surface area contributed by atoms with E-state index in [1.165, 1.54) is 29.8 Å². The first-order valence-electron chi connectivity index (χ1n) is 18.3. The standard InChI is InChI=1S/C44H44F3NO5/c1-29-9-8-23-42(2)39(22-24-43(42)28-48(41(51)53-43)27-30-15-19-34(20-16-30)52-44(45,46)47)36-21-17-31(25-33(49)18-14-29)26-38(36)40(50)37-13-7-6-12-35(37)32-10-4-3-5-11-32/h3-7,9-13,15-17,19-21,26,33,39,49H,8,14,18,22-25,27-28H2,1-2H3/t33-,39-,42-,43+/m0/s1. The van der Waals surface area contributed by atoms with Gasteiger partial charge in [0.15, 0.2) is 5.78 Å². The molecule has 4 aromatic carbocycles. The second-order valence-corrected chi connectivity index (χ2v) is 15.1. The Bertz CT molecular complexity index is 2010. The lowest BCUT2D eigenvalue weighted by atomic mass is 9.64. The minimum Gasteiger partial charge on any atom is -0.440 e. The summed E-state index contributed by atoms with van der Waals surface area (Å²) in [6, 6.07) is 29.1. The molecule has 0 aromatic heterocycles. The van der Waals surface area contributed by atoms with Gasteiger partial charge in [-0.25, -0.2) is 4.79 Å². The van der Waals surface area contributed by atoms with Crippen LogP contribution in [0.1, 0.15) is 90.9 Å². The molecule has 3 aliphatic carbocycles. The topological polar surface area (TPSA) is 76.1 Å². The molecule has 53 heavy (non-hydrogen) atoms. The van der Waals surface area contributed by atoms with Crippen LogP contribution in [0.4, 0.5) is 18.0 Å². The van der Waals surface area contributed by atoms with Crippen LogP contribution in [0.25, 0.3) is 11.1 Å². The van der Waals surface area contributed by atoms with Gasteiger partial charge in [-0.05, 0) is 104 Å². The fraction of sp³-hybridized carbons (Fsp3) is 0.364. The number of alkyl halides is 3. The minimum atomic E-state index is -4.79. The van der Waals surface area contributed by atoms with Gasteiger partial charge in [-0.15, -0.1) is 13.2 Å². The fourth-order valence-electron chi connectivity index (χ4n) is 8.82. The largest absolute Gasteiger partial charge is 0.573 e. The number of rotatable bonds is 6. The van der Waals surface area contributed by atoms with E-state index in [9.17, 15) is 27.9 Å². The lowest BCUT2D eigenvalue weighted by molar-refractivity contribution is -0.274. The van der Waals surface area contributed by atoms with Gasteiger partial charge in [0.25, 0.3) is 0 Å². The molecule has 2 bridgehead atoms. The number of allylic oxidation sites excluding steroid dienone is 2. The van der Waals surface area contributed by atoms with Gasteiger partial charge in [0, 0.05) is 23.1 Å². The average Bonchev–Trinajstić information content (AvgIpc) is 3.60. The highest BCUT2D eigenvalue weighted by Crippen LogP contribution is 2.62. The maximum Gasteiger partial charge on any atom is 0.573 e. The molecule has 4 aliphatic rings. The predicted octanol–water partition coefficient (Wildman–Crippen LogP) is 10.2. The molecule has 6 nitrogen and oxygen atoms in total. The van der Waals surface area contributed by atoms with Crippen molar-refractivity contribution < 1.29 is 37.3 Å². The number of nitrogens with zero attached hydrogens (tertiary/aromatic N) is 1. The zero-order valence-corrected chi connectivity index (χ0v) is 30.0. The van der Waals surface area contributed by atoms with Gasteiger partial charge in [0.05, 0.1) is 12.6 Å². The van der Waals surface area contributed by atoms with Crippen LogP contribution in [0.5, 0.6) is 5.75 Å². The molecule has 1 amide bonds. The Hall–Kier alpha value is -4.89. The third-order valence-electron chi connectivity index (χ3n) is 11.7. The maximum atomic E-state index is 14.9. The first-order valence-corrected chi connectivity index (χ1v) is 18.3. The van der Waals surface area contributed by atoms with E-state index >= 15 is 0 Å². The molecule has 4 aromatic rings. The summed E-state index contributed by atoms with van der Waals surface area (Å²) in [5, 5.41) is 11.0. The quantitative estimate of drug-likeness (QED) is 0.158. The van der Waals surface area contributed by atoms with E-state index in [2.05, 4.69) is 24.7 Å². The highest BCUT2D eigenvalue weighted by atomic mass is 19.4. The summed E-state index contributed by atoms with van der Waals surface area (Å²) in [5.74, 6) is -0.550. The summed E-state index contributed by atoms with van der Waals surface area (Å²) in [4.78, 5) is 30.2. The van der Waals surface area contributed by atoms with Gasteiger partial charge >= 0.3 is 12.5 Å². The summed E-state index contributed by atoms with van der Waals surface area (Å²) < 4.78 is 48.7. The number of halogens is 3. The number of aliphatic hydroxyl groups excluding tert-OH is 1. The molecule has 1 N–H and O–H groups in total. The Morgan fingerprint density at radius 1 is 0.943 bits per heavy atom. The molecule has 8 rings (SSSR count). The molecule has 1 saturated heterocycles. The van der Waals surface area contributed by atoms with E-state index in [0.29, 0.717) is 55.3 Å². The molecule has 4 atom stereocenters. The van der Waals surface area contributed by atoms with E-state index in [0.717, 1.165) is 35.1 Å². The van der Waals surface area contributed by atoms with E-state index in [1.807, 2.05) is 72.8 Å². The van der Waals surface area contributed by atoms with E-state index in [-0.39, 0.29) is 24.0 Å². The minimum absolute atomic E-state index is 0.0927. The maximum absolute atomic E-state index is 14.9. The number of aliphatic hydroxyl groups is 1. The number of fused-ring (bicyclic) bond motifs is 8. The normalized spacial score (nSPS) is 24.8. The lowest BCUT2D eigenvalue weighted by Crippen LogP contribution is -2.48. The first-order chi connectivity index (χ1) is 25.3. The molecule has 0 radical (unpaired) electrons.